The van der Waals surface area contributed by atoms with Crippen molar-refractivity contribution in [1.82, 2.24) is 16.0 Å². The number of aliphatic hydroxyl groups excluding tert-OH is 2. The third-order valence-corrected chi connectivity index (χ3v) is 6.79. The molecule has 0 rings (SSSR count). The van der Waals surface area contributed by atoms with Crippen molar-refractivity contribution in [3.8, 4) is 0 Å². The molecule has 0 aliphatic heterocycles. The van der Waals surface area contributed by atoms with Crippen LogP contribution in [0.2, 0.25) is 0 Å². The first kappa shape index (κ1) is 40.8. The Morgan fingerprint density at radius 2 is 1.52 bits per heavy atom. The Morgan fingerprint density at radius 3 is 2.14 bits per heavy atom. The monoisotopic (exact) mass is 643 g/mol. The molecular formula is C30H49N3O10S. The van der Waals surface area contributed by atoms with Gasteiger partial charge >= 0.3 is 17.9 Å². The average Bonchev–Trinajstić information content (AvgIpc) is 2.96. The van der Waals surface area contributed by atoms with E-state index in [2.05, 4.69) is 41.6 Å². The van der Waals surface area contributed by atoms with E-state index in [9.17, 15) is 39.3 Å². The fourth-order valence-electron chi connectivity index (χ4n) is 3.95. The van der Waals surface area contributed by atoms with Gasteiger partial charge in [0.1, 0.15) is 18.6 Å². The number of carbonyl (C=O) groups is 5. The standard InChI is InChI=1S/C30H49N3O10S/c1-2-3-4-5-6-8-12-21(34)13-9-7-10-14-22(25(35)15-11-16-27(37)38)32-23(30(42)43)17-18-26(36)33-24(20-44)29(41)31-19-28(39)40/h6-10,14,21-25,32,34-35,44H,2-5,11-13,15-20H2,1H3,(H,31,41)(H,33,36)(H,37,38)(H,39,40)(H,42,43)/t21?,22?,23-,24-,25?/m0/s1. The maximum atomic E-state index is 12.4. The summed E-state index contributed by atoms with van der Waals surface area (Å²) in [5, 5.41) is 55.5. The van der Waals surface area contributed by atoms with E-state index < -0.39 is 66.6 Å². The summed E-state index contributed by atoms with van der Waals surface area (Å²) >= 11 is 3.99. The maximum Gasteiger partial charge on any atom is 0.322 e. The third-order valence-electron chi connectivity index (χ3n) is 6.43. The van der Waals surface area contributed by atoms with E-state index in [-0.39, 0.29) is 37.9 Å². The van der Waals surface area contributed by atoms with Gasteiger partial charge in [0.2, 0.25) is 11.8 Å². The SMILES string of the molecule is CCCCCC=CCC(O)CC=CC=CC(N[C@@H](CCC(=O)N[C@@H](CS)C(=O)NCC(=O)O)C(=O)O)C(O)CCCC(=O)O. The zero-order valence-electron chi connectivity index (χ0n) is 25.3. The van der Waals surface area contributed by atoms with Gasteiger partial charge in [-0.15, -0.1) is 0 Å². The van der Waals surface area contributed by atoms with E-state index in [1.54, 1.807) is 18.2 Å². The van der Waals surface area contributed by atoms with Gasteiger partial charge in [-0.05, 0) is 44.9 Å². The largest absolute Gasteiger partial charge is 0.481 e. The summed E-state index contributed by atoms with van der Waals surface area (Å²) in [6, 6.07) is -3.31. The van der Waals surface area contributed by atoms with Gasteiger partial charge < -0.3 is 36.2 Å². The molecular weight excluding hydrogens is 594 g/mol. The number of hydrogen-bond acceptors (Lipinski definition) is 9. The molecule has 5 atom stereocenters. The number of hydrogen-bond donors (Lipinski definition) is 9. The number of aliphatic carboxylic acids is 3. The Kier molecular flexibility index (Phi) is 23.3. The van der Waals surface area contributed by atoms with Gasteiger partial charge in [-0.2, -0.15) is 12.6 Å². The van der Waals surface area contributed by atoms with E-state index in [4.69, 9.17) is 10.2 Å². The molecule has 0 saturated heterocycles. The number of thiol groups is 1. The number of unbranched alkanes of at least 4 members (excludes halogenated alkanes) is 3. The summed E-state index contributed by atoms with van der Waals surface area (Å²) < 4.78 is 0. The normalized spacial score (nSPS) is 15.2. The van der Waals surface area contributed by atoms with Crippen LogP contribution < -0.4 is 16.0 Å². The lowest BCUT2D eigenvalue weighted by atomic mass is 10.0. The Hall–Kier alpha value is -3.20. The van der Waals surface area contributed by atoms with Crippen molar-refractivity contribution in [3.05, 3.63) is 36.5 Å². The van der Waals surface area contributed by atoms with E-state index in [0.29, 0.717) is 12.8 Å². The topological polar surface area (TPSA) is 223 Å². The van der Waals surface area contributed by atoms with Crippen molar-refractivity contribution < 1.29 is 49.5 Å². The Balaban J connectivity index is 5.23. The lowest BCUT2D eigenvalue weighted by molar-refractivity contribution is -0.140. The predicted molar refractivity (Wildman–Crippen MR) is 168 cm³/mol. The summed E-state index contributed by atoms with van der Waals surface area (Å²) in [7, 11) is 0. The van der Waals surface area contributed by atoms with Crippen molar-refractivity contribution in [2.24, 2.45) is 0 Å². The number of carboxylic acid groups (broad SMARTS) is 3. The minimum Gasteiger partial charge on any atom is -0.481 e. The van der Waals surface area contributed by atoms with Gasteiger partial charge in [0.15, 0.2) is 0 Å². The predicted octanol–water partition coefficient (Wildman–Crippen LogP) is 1.80. The number of nitrogens with one attached hydrogen (secondary N) is 3. The van der Waals surface area contributed by atoms with Crippen molar-refractivity contribution in [2.45, 2.75) is 108 Å². The van der Waals surface area contributed by atoms with Crippen molar-refractivity contribution in [1.29, 1.82) is 0 Å². The molecule has 0 aliphatic carbocycles. The summed E-state index contributed by atoms with van der Waals surface area (Å²) in [5.41, 5.74) is 0. The summed E-state index contributed by atoms with van der Waals surface area (Å²) in [5.74, 6) is -5.11. The fraction of sp³-hybridized carbons (Fsp3) is 0.633. The van der Waals surface area contributed by atoms with Gasteiger partial charge in [-0.1, -0.05) is 56.2 Å². The molecule has 44 heavy (non-hydrogen) atoms. The highest BCUT2D eigenvalue weighted by Gasteiger charge is 2.26. The molecule has 0 saturated carbocycles. The first-order chi connectivity index (χ1) is 20.9. The van der Waals surface area contributed by atoms with Gasteiger partial charge in [-0.3, -0.25) is 29.3 Å². The van der Waals surface area contributed by atoms with Crippen LogP contribution in [-0.4, -0.2) is 97.9 Å². The fourth-order valence-corrected chi connectivity index (χ4v) is 4.20. The Morgan fingerprint density at radius 1 is 0.818 bits per heavy atom. The Bertz CT molecular complexity index is 973. The number of amides is 2. The van der Waals surface area contributed by atoms with Crippen LogP contribution in [0.4, 0.5) is 0 Å². The molecule has 0 radical (unpaired) electrons. The van der Waals surface area contributed by atoms with Crippen LogP contribution in [0.25, 0.3) is 0 Å². The molecule has 0 fully saturated rings. The van der Waals surface area contributed by atoms with Gasteiger partial charge in [0.25, 0.3) is 0 Å². The van der Waals surface area contributed by atoms with Gasteiger partial charge in [0, 0.05) is 18.6 Å². The van der Waals surface area contributed by atoms with Gasteiger partial charge in [0.05, 0.1) is 18.2 Å². The molecule has 14 heteroatoms. The molecule has 13 nitrogen and oxygen atoms in total. The van der Waals surface area contributed by atoms with Crippen molar-refractivity contribution in [2.75, 3.05) is 12.3 Å². The second-order valence-corrected chi connectivity index (χ2v) is 10.7. The molecule has 0 aromatic heterocycles. The summed E-state index contributed by atoms with van der Waals surface area (Å²) in [6.45, 7) is 1.50. The second-order valence-electron chi connectivity index (χ2n) is 10.3. The zero-order chi connectivity index (χ0) is 33.3. The average molecular weight is 644 g/mol. The smallest absolute Gasteiger partial charge is 0.322 e. The molecule has 8 N–H and O–H groups in total. The highest BCUT2D eigenvalue weighted by Crippen LogP contribution is 2.11. The maximum absolute atomic E-state index is 12.4. The highest BCUT2D eigenvalue weighted by atomic mass is 32.1. The molecule has 0 aromatic carbocycles. The van der Waals surface area contributed by atoms with E-state index in [0.717, 1.165) is 19.3 Å². The molecule has 0 aromatic rings. The lowest BCUT2D eigenvalue weighted by Gasteiger charge is -2.25. The molecule has 0 spiro atoms. The first-order valence-electron chi connectivity index (χ1n) is 14.9. The van der Waals surface area contributed by atoms with Crippen LogP contribution in [0.15, 0.2) is 36.5 Å². The number of allylic oxidation sites excluding steroid dienone is 3. The molecule has 0 aliphatic rings. The number of carboxylic acids is 3. The van der Waals surface area contributed by atoms with Crippen LogP contribution in [-0.2, 0) is 24.0 Å². The molecule has 0 heterocycles. The van der Waals surface area contributed by atoms with Gasteiger partial charge in [-0.25, -0.2) is 0 Å². The van der Waals surface area contributed by atoms with Crippen molar-refractivity contribution >= 4 is 42.4 Å². The molecule has 3 unspecified atom stereocenters. The number of aliphatic hydroxyl groups is 2. The third kappa shape index (κ3) is 21.5. The van der Waals surface area contributed by atoms with E-state index in [1.807, 2.05) is 6.08 Å². The van der Waals surface area contributed by atoms with Crippen LogP contribution in [0.1, 0.15) is 77.6 Å². The van der Waals surface area contributed by atoms with E-state index in [1.165, 1.54) is 12.5 Å². The summed E-state index contributed by atoms with van der Waals surface area (Å²) in [4.78, 5) is 58.0. The van der Waals surface area contributed by atoms with Crippen molar-refractivity contribution in [3.63, 3.8) is 0 Å². The minimum atomic E-state index is -1.29. The quantitative estimate of drug-likeness (QED) is 0.0286. The first-order valence-corrected chi connectivity index (χ1v) is 15.5. The zero-order valence-corrected chi connectivity index (χ0v) is 26.2. The molecule has 2 amide bonds. The number of rotatable bonds is 26. The summed E-state index contributed by atoms with van der Waals surface area (Å²) in [6.07, 6.45) is 13.7. The molecule has 0 bridgehead atoms. The highest BCUT2D eigenvalue weighted by molar-refractivity contribution is 7.80. The second kappa shape index (κ2) is 25.2. The minimum absolute atomic E-state index is 0.0726. The Labute approximate surface area is 264 Å². The van der Waals surface area contributed by atoms with Crippen LogP contribution in [0, 0.1) is 0 Å². The van der Waals surface area contributed by atoms with Crippen LogP contribution in [0.5, 0.6) is 0 Å². The number of carbonyl (C=O) groups excluding carboxylic acids is 2. The molecule has 250 valence electrons. The van der Waals surface area contributed by atoms with E-state index >= 15 is 0 Å². The van der Waals surface area contributed by atoms with Crippen LogP contribution >= 0.6 is 12.6 Å². The van der Waals surface area contributed by atoms with Crippen LogP contribution in [0.3, 0.4) is 0 Å². The lowest BCUT2D eigenvalue weighted by Crippen LogP contribution is -2.50.